The van der Waals surface area contributed by atoms with Gasteiger partial charge in [-0.25, -0.2) is 9.97 Å². The number of carbonyl (C=O) groups excluding carboxylic acids is 1. The van der Waals surface area contributed by atoms with Crippen molar-refractivity contribution in [2.75, 3.05) is 0 Å². The summed E-state index contributed by atoms with van der Waals surface area (Å²) in [5.74, 6) is 0.591. The Hall–Kier alpha value is -3.00. The highest BCUT2D eigenvalue weighted by molar-refractivity contribution is 7.15. The molecule has 0 bridgehead atoms. The Morgan fingerprint density at radius 2 is 2.15 bits per heavy atom. The van der Waals surface area contributed by atoms with Gasteiger partial charge in [-0.1, -0.05) is 31.2 Å². The Labute approximate surface area is 160 Å². The molecule has 1 N–H and O–H groups in total. The lowest BCUT2D eigenvalue weighted by Gasteiger charge is -2.15. The van der Waals surface area contributed by atoms with Crippen LogP contribution in [0.3, 0.4) is 0 Å². The number of nitrogens with one attached hydrogen (secondary N) is 1. The van der Waals surface area contributed by atoms with Crippen LogP contribution in [-0.2, 0) is 7.05 Å². The van der Waals surface area contributed by atoms with Gasteiger partial charge in [0.05, 0.1) is 11.7 Å². The monoisotopic (exact) mass is 380 g/mol. The van der Waals surface area contributed by atoms with Gasteiger partial charge in [0.2, 0.25) is 0 Å². The molecule has 0 aliphatic rings. The minimum absolute atomic E-state index is 0.148. The quantitative estimate of drug-likeness (QED) is 0.576. The van der Waals surface area contributed by atoms with Crippen molar-refractivity contribution in [3.63, 3.8) is 0 Å². The molecular weight excluding hydrogens is 360 g/mol. The van der Waals surface area contributed by atoms with E-state index in [1.807, 2.05) is 48.1 Å². The van der Waals surface area contributed by atoms with Gasteiger partial charge in [-0.15, -0.1) is 11.3 Å². The van der Waals surface area contributed by atoms with E-state index in [2.05, 4.69) is 33.4 Å². The summed E-state index contributed by atoms with van der Waals surface area (Å²) < 4.78 is 3.54. The van der Waals surface area contributed by atoms with Crippen molar-refractivity contribution >= 4 is 22.2 Å². The van der Waals surface area contributed by atoms with Crippen LogP contribution in [-0.4, -0.2) is 30.1 Å². The largest absolute Gasteiger partial charge is 0.341 e. The van der Waals surface area contributed by atoms with Crippen LogP contribution < -0.4 is 5.32 Å². The molecule has 0 saturated carbocycles. The summed E-state index contributed by atoms with van der Waals surface area (Å²) in [5.41, 5.74) is 3.67. The molecule has 3 aromatic heterocycles. The number of carbonyl (C=O) groups is 1. The number of hydrogen-bond acceptors (Lipinski definition) is 5. The van der Waals surface area contributed by atoms with E-state index in [0.29, 0.717) is 5.69 Å². The molecule has 1 atom stereocenters. The molecule has 0 fully saturated rings. The molecule has 1 amide bonds. The van der Waals surface area contributed by atoms with Crippen LogP contribution in [0.4, 0.5) is 0 Å². The highest BCUT2D eigenvalue weighted by Crippen LogP contribution is 2.26. The molecule has 4 rings (SSSR count). The molecule has 7 nitrogen and oxygen atoms in total. The lowest BCUT2D eigenvalue weighted by Crippen LogP contribution is -2.30. The van der Waals surface area contributed by atoms with Crippen molar-refractivity contribution in [2.24, 2.45) is 7.05 Å². The Bertz CT molecular complexity index is 1110. The fourth-order valence-corrected chi connectivity index (χ4v) is 3.99. The van der Waals surface area contributed by atoms with E-state index in [-0.39, 0.29) is 11.9 Å². The third kappa shape index (κ3) is 3.12. The first-order valence-electron chi connectivity index (χ1n) is 8.75. The molecular formula is C19H20N6OS. The summed E-state index contributed by atoms with van der Waals surface area (Å²) >= 11 is 1.46. The van der Waals surface area contributed by atoms with Gasteiger partial charge >= 0.3 is 0 Å². The van der Waals surface area contributed by atoms with E-state index in [1.54, 1.807) is 4.68 Å². The number of imidazole rings is 1. The van der Waals surface area contributed by atoms with Crippen molar-refractivity contribution in [2.45, 2.75) is 26.3 Å². The van der Waals surface area contributed by atoms with Gasteiger partial charge in [-0.05, 0) is 18.9 Å². The van der Waals surface area contributed by atoms with Gasteiger partial charge in [-0.3, -0.25) is 13.9 Å². The van der Waals surface area contributed by atoms with Crippen LogP contribution in [0, 0.1) is 6.92 Å². The molecule has 0 radical (unpaired) electrons. The first kappa shape index (κ1) is 17.4. The van der Waals surface area contributed by atoms with E-state index >= 15 is 0 Å². The molecule has 138 valence electrons. The number of amides is 1. The van der Waals surface area contributed by atoms with E-state index in [9.17, 15) is 4.79 Å². The van der Waals surface area contributed by atoms with Crippen molar-refractivity contribution < 1.29 is 4.79 Å². The normalized spacial score (nSPS) is 12.4. The smallest absolute Gasteiger partial charge is 0.269 e. The fourth-order valence-electron chi connectivity index (χ4n) is 3.14. The van der Waals surface area contributed by atoms with Gasteiger partial charge in [-0.2, -0.15) is 5.10 Å². The maximum absolute atomic E-state index is 12.9. The molecule has 4 aromatic rings. The Kier molecular flexibility index (Phi) is 4.49. The lowest BCUT2D eigenvalue weighted by atomic mass is 10.1. The molecule has 0 aliphatic heterocycles. The number of aromatic nitrogens is 5. The molecule has 3 heterocycles. The number of aryl methyl sites for hydroxylation is 2. The predicted molar refractivity (Wildman–Crippen MR) is 105 cm³/mol. The zero-order valence-electron chi connectivity index (χ0n) is 15.4. The van der Waals surface area contributed by atoms with Crippen LogP contribution in [0.2, 0.25) is 0 Å². The van der Waals surface area contributed by atoms with E-state index < -0.39 is 0 Å². The standard InChI is InChI=1S/C19H20N6OS/c1-4-14(17-20-11-21-24(17)3)22-18(26)16-10-27-19-23-15(9-25(16)19)13-8-6-5-7-12(13)2/h5-11,14H,4H2,1-3H3,(H,22,26). The number of rotatable bonds is 5. The van der Waals surface area contributed by atoms with Crippen LogP contribution in [0.5, 0.6) is 0 Å². The molecule has 27 heavy (non-hydrogen) atoms. The number of benzene rings is 1. The predicted octanol–water partition coefficient (Wildman–Crippen LogP) is 3.38. The minimum atomic E-state index is -0.195. The fraction of sp³-hybridized carbons (Fsp3) is 0.263. The first-order valence-corrected chi connectivity index (χ1v) is 9.63. The minimum Gasteiger partial charge on any atom is -0.341 e. The topological polar surface area (TPSA) is 77.1 Å². The zero-order valence-corrected chi connectivity index (χ0v) is 16.2. The molecule has 0 saturated heterocycles. The summed E-state index contributed by atoms with van der Waals surface area (Å²) in [7, 11) is 1.82. The highest BCUT2D eigenvalue weighted by atomic mass is 32.1. The first-order chi connectivity index (χ1) is 13.1. The summed E-state index contributed by atoms with van der Waals surface area (Å²) in [6.07, 6.45) is 4.15. The van der Waals surface area contributed by atoms with Crippen molar-refractivity contribution in [1.82, 2.24) is 29.5 Å². The van der Waals surface area contributed by atoms with Gasteiger partial charge in [0, 0.05) is 24.2 Å². The average molecular weight is 380 g/mol. The molecule has 0 aliphatic carbocycles. The molecule has 8 heteroatoms. The average Bonchev–Trinajstić information content (AvgIpc) is 3.35. The Balaban J connectivity index is 1.65. The van der Waals surface area contributed by atoms with Crippen molar-refractivity contribution in [3.8, 4) is 11.3 Å². The van der Waals surface area contributed by atoms with E-state index in [4.69, 9.17) is 0 Å². The number of thiazole rings is 1. The van der Waals surface area contributed by atoms with Crippen molar-refractivity contribution in [3.05, 3.63) is 59.3 Å². The van der Waals surface area contributed by atoms with E-state index in [0.717, 1.165) is 34.0 Å². The van der Waals surface area contributed by atoms with Crippen LogP contribution in [0.15, 0.2) is 42.2 Å². The summed E-state index contributed by atoms with van der Waals surface area (Å²) in [6, 6.07) is 7.91. The molecule has 0 spiro atoms. The number of nitrogens with zero attached hydrogens (tertiary/aromatic N) is 5. The lowest BCUT2D eigenvalue weighted by molar-refractivity contribution is 0.0927. The molecule has 1 aromatic carbocycles. The summed E-state index contributed by atoms with van der Waals surface area (Å²) in [5, 5.41) is 8.99. The van der Waals surface area contributed by atoms with Crippen molar-refractivity contribution in [1.29, 1.82) is 0 Å². The number of hydrogen-bond donors (Lipinski definition) is 1. The Morgan fingerprint density at radius 3 is 2.85 bits per heavy atom. The second kappa shape index (κ2) is 6.96. The van der Waals surface area contributed by atoms with Gasteiger partial charge in [0.25, 0.3) is 5.91 Å². The van der Waals surface area contributed by atoms with Crippen LogP contribution in [0.25, 0.3) is 16.2 Å². The maximum Gasteiger partial charge on any atom is 0.269 e. The third-order valence-corrected chi connectivity index (χ3v) is 5.47. The third-order valence-electron chi connectivity index (χ3n) is 4.63. The second-order valence-electron chi connectivity index (χ2n) is 6.39. The summed E-state index contributed by atoms with van der Waals surface area (Å²) in [6.45, 7) is 4.07. The SMILES string of the molecule is CCC(NC(=O)c1csc2nc(-c3ccccc3C)cn12)c1ncnn1C. The van der Waals surface area contributed by atoms with Crippen LogP contribution >= 0.6 is 11.3 Å². The summed E-state index contributed by atoms with van der Waals surface area (Å²) in [4.78, 5) is 22.6. The second-order valence-corrected chi connectivity index (χ2v) is 7.23. The van der Waals surface area contributed by atoms with Gasteiger partial charge in [0.15, 0.2) is 4.96 Å². The zero-order chi connectivity index (χ0) is 19.0. The highest BCUT2D eigenvalue weighted by Gasteiger charge is 2.21. The van der Waals surface area contributed by atoms with Gasteiger partial charge in [0.1, 0.15) is 17.8 Å². The Morgan fingerprint density at radius 1 is 1.33 bits per heavy atom. The van der Waals surface area contributed by atoms with Gasteiger partial charge < -0.3 is 5.32 Å². The number of fused-ring (bicyclic) bond motifs is 1. The molecule has 1 unspecified atom stereocenters. The van der Waals surface area contributed by atoms with Crippen LogP contribution in [0.1, 0.15) is 41.3 Å². The van der Waals surface area contributed by atoms with E-state index in [1.165, 1.54) is 17.7 Å². The maximum atomic E-state index is 12.9.